The molecule has 0 aliphatic carbocycles. The van der Waals surface area contributed by atoms with Crippen LogP contribution < -0.4 is 0 Å². The van der Waals surface area contributed by atoms with E-state index in [1.165, 1.54) is 20.8 Å². The van der Waals surface area contributed by atoms with Crippen molar-refractivity contribution in [1.29, 1.82) is 0 Å². The van der Waals surface area contributed by atoms with Crippen molar-refractivity contribution in [2.24, 2.45) is 5.41 Å². The fourth-order valence-corrected chi connectivity index (χ4v) is 0. The summed E-state index contributed by atoms with van der Waals surface area (Å²) in [5.74, 6) is 0. The van der Waals surface area contributed by atoms with Crippen LogP contribution in [0.2, 0.25) is 0 Å². The molecule has 0 saturated heterocycles. The highest BCUT2D eigenvalue weighted by molar-refractivity contribution is 4.69. The molecule has 0 heterocycles. The Labute approximate surface area is 47.3 Å². The van der Waals surface area contributed by atoms with Crippen molar-refractivity contribution in [1.82, 2.24) is 0 Å². The largest absolute Gasteiger partial charge is 0.358 e. The number of hydrogen-bond acceptors (Lipinski definition) is 1. The van der Waals surface area contributed by atoms with Gasteiger partial charge in [-0.3, -0.25) is 0 Å². The van der Waals surface area contributed by atoms with Gasteiger partial charge in [-0.25, -0.2) is 0 Å². The highest BCUT2D eigenvalue weighted by Gasteiger charge is 2.40. The van der Waals surface area contributed by atoms with Gasteiger partial charge in [0.25, 0.3) is 0 Å². The van der Waals surface area contributed by atoms with Crippen molar-refractivity contribution in [3.8, 4) is 0 Å². The minimum absolute atomic E-state index is 1.27. The molecular formula is C5H10F2O. The predicted octanol–water partition coefficient (Wildman–Crippen LogP) is 1.62. The minimum atomic E-state index is -3.56. The molecule has 50 valence electrons. The molecule has 0 spiro atoms. The van der Waals surface area contributed by atoms with E-state index in [0.717, 1.165) is 0 Å². The molecular weight excluding hydrogens is 114 g/mol. The maximum atomic E-state index is 11.8. The Kier molecular flexibility index (Phi) is 1.62. The molecule has 0 unspecified atom stereocenters. The van der Waals surface area contributed by atoms with Gasteiger partial charge in [-0.2, -0.15) is 8.78 Å². The molecule has 1 N–H and O–H groups in total. The van der Waals surface area contributed by atoms with Gasteiger partial charge in [0.1, 0.15) is 0 Å². The maximum absolute atomic E-state index is 11.8. The van der Waals surface area contributed by atoms with Crippen LogP contribution in [-0.2, 0) is 0 Å². The summed E-state index contributed by atoms with van der Waals surface area (Å²) in [4.78, 5) is 0. The first kappa shape index (κ1) is 7.82. The predicted molar refractivity (Wildman–Crippen MR) is 26.6 cm³/mol. The van der Waals surface area contributed by atoms with E-state index in [9.17, 15) is 8.78 Å². The monoisotopic (exact) mass is 124 g/mol. The van der Waals surface area contributed by atoms with Crippen molar-refractivity contribution in [2.75, 3.05) is 0 Å². The van der Waals surface area contributed by atoms with Gasteiger partial charge < -0.3 is 5.11 Å². The van der Waals surface area contributed by atoms with Crippen molar-refractivity contribution in [3.05, 3.63) is 0 Å². The Balaban J connectivity index is 4.02. The van der Waals surface area contributed by atoms with Crippen molar-refractivity contribution in [2.45, 2.75) is 26.9 Å². The van der Waals surface area contributed by atoms with Gasteiger partial charge in [0.05, 0.1) is 5.41 Å². The van der Waals surface area contributed by atoms with Gasteiger partial charge in [-0.1, -0.05) is 20.8 Å². The van der Waals surface area contributed by atoms with Gasteiger partial charge in [0.15, 0.2) is 0 Å². The highest BCUT2D eigenvalue weighted by atomic mass is 19.3. The van der Waals surface area contributed by atoms with Crippen molar-refractivity contribution < 1.29 is 13.9 Å². The van der Waals surface area contributed by atoms with E-state index in [0.29, 0.717) is 0 Å². The Morgan fingerprint density at radius 1 is 1.12 bits per heavy atom. The second-order valence-corrected chi connectivity index (χ2v) is 2.79. The van der Waals surface area contributed by atoms with Crippen LogP contribution in [-0.4, -0.2) is 11.2 Å². The van der Waals surface area contributed by atoms with Crippen LogP contribution in [0.4, 0.5) is 8.78 Å². The highest BCUT2D eigenvalue weighted by Crippen LogP contribution is 2.32. The minimum Gasteiger partial charge on any atom is -0.336 e. The van der Waals surface area contributed by atoms with Crippen LogP contribution in [0.1, 0.15) is 20.8 Å². The average molecular weight is 124 g/mol. The zero-order chi connectivity index (χ0) is 7.00. The van der Waals surface area contributed by atoms with Crippen LogP contribution in [0, 0.1) is 5.41 Å². The van der Waals surface area contributed by atoms with Crippen molar-refractivity contribution in [3.63, 3.8) is 0 Å². The second-order valence-electron chi connectivity index (χ2n) is 2.79. The average Bonchev–Trinajstić information content (AvgIpc) is 1.25. The standard InChI is InChI=1S/C5H10F2O/c1-4(2,3)5(6,7)8/h8H,1-3H3. The van der Waals surface area contributed by atoms with E-state index < -0.39 is 11.5 Å². The van der Waals surface area contributed by atoms with Gasteiger partial charge >= 0.3 is 6.11 Å². The molecule has 0 rings (SSSR count). The van der Waals surface area contributed by atoms with Crippen LogP contribution in [0.3, 0.4) is 0 Å². The Morgan fingerprint density at radius 3 is 1.25 bits per heavy atom. The fraction of sp³-hybridized carbons (Fsp3) is 1.00. The van der Waals surface area contributed by atoms with Gasteiger partial charge in [-0.15, -0.1) is 0 Å². The number of rotatable bonds is 0. The first-order chi connectivity index (χ1) is 3.25. The lowest BCUT2D eigenvalue weighted by molar-refractivity contribution is -0.263. The molecule has 0 bridgehead atoms. The summed E-state index contributed by atoms with van der Waals surface area (Å²) in [6, 6.07) is 0. The van der Waals surface area contributed by atoms with Crippen LogP contribution in [0.25, 0.3) is 0 Å². The lowest BCUT2D eigenvalue weighted by Gasteiger charge is -2.23. The summed E-state index contributed by atoms with van der Waals surface area (Å²) in [7, 11) is 0. The third-order valence-corrected chi connectivity index (χ3v) is 0.902. The van der Waals surface area contributed by atoms with Gasteiger partial charge in [-0.05, 0) is 0 Å². The number of aliphatic hydroxyl groups is 1. The summed E-state index contributed by atoms with van der Waals surface area (Å²) >= 11 is 0. The van der Waals surface area contributed by atoms with E-state index in [2.05, 4.69) is 0 Å². The third-order valence-electron chi connectivity index (χ3n) is 0.902. The third kappa shape index (κ3) is 1.74. The molecule has 0 aromatic rings. The Hall–Kier alpha value is -0.180. The maximum Gasteiger partial charge on any atom is 0.358 e. The first-order valence-electron chi connectivity index (χ1n) is 2.35. The SMILES string of the molecule is CC(C)(C)C(O)(F)F. The molecule has 8 heavy (non-hydrogen) atoms. The van der Waals surface area contributed by atoms with Crippen molar-refractivity contribution >= 4 is 0 Å². The molecule has 0 amide bonds. The summed E-state index contributed by atoms with van der Waals surface area (Å²) in [6.07, 6.45) is -3.56. The molecule has 0 atom stereocenters. The molecule has 0 aromatic heterocycles. The van der Waals surface area contributed by atoms with Gasteiger partial charge in [0.2, 0.25) is 0 Å². The normalized spacial score (nSPS) is 14.2. The number of hydrogen-bond donors (Lipinski definition) is 1. The Morgan fingerprint density at radius 2 is 1.25 bits per heavy atom. The van der Waals surface area contributed by atoms with Gasteiger partial charge in [0, 0.05) is 0 Å². The zero-order valence-corrected chi connectivity index (χ0v) is 5.20. The van der Waals surface area contributed by atoms with Crippen LogP contribution in [0.5, 0.6) is 0 Å². The molecule has 1 nitrogen and oxygen atoms in total. The summed E-state index contributed by atoms with van der Waals surface area (Å²) in [5.41, 5.74) is -1.34. The zero-order valence-electron chi connectivity index (χ0n) is 5.20. The molecule has 0 aliphatic heterocycles. The smallest absolute Gasteiger partial charge is 0.336 e. The second kappa shape index (κ2) is 1.65. The quantitative estimate of drug-likeness (QED) is 0.520. The van der Waals surface area contributed by atoms with E-state index in [1.807, 2.05) is 0 Å². The Bertz CT molecular complexity index is 65.4. The summed E-state index contributed by atoms with van der Waals surface area (Å²) in [5, 5.41) is 8.02. The molecule has 0 fully saturated rings. The number of halogens is 2. The summed E-state index contributed by atoms with van der Waals surface area (Å²) in [6.45, 7) is 3.81. The molecule has 0 aromatic carbocycles. The van der Waals surface area contributed by atoms with E-state index >= 15 is 0 Å². The van der Waals surface area contributed by atoms with E-state index in [-0.39, 0.29) is 0 Å². The molecule has 0 radical (unpaired) electrons. The fourth-order valence-electron chi connectivity index (χ4n) is 0. The van der Waals surface area contributed by atoms with Crippen LogP contribution >= 0.6 is 0 Å². The van der Waals surface area contributed by atoms with Crippen LogP contribution in [0.15, 0.2) is 0 Å². The lowest BCUT2D eigenvalue weighted by Crippen LogP contribution is -2.32. The molecule has 0 saturated carbocycles. The van der Waals surface area contributed by atoms with E-state index in [1.54, 1.807) is 0 Å². The first-order valence-corrected chi connectivity index (χ1v) is 2.35. The van der Waals surface area contributed by atoms with E-state index in [4.69, 9.17) is 5.11 Å². The lowest BCUT2D eigenvalue weighted by atomic mass is 9.96. The topological polar surface area (TPSA) is 20.2 Å². The molecule has 3 heteroatoms. The molecule has 0 aliphatic rings. The number of alkyl halides is 2. The summed E-state index contributed by atoms with van der Waals surface area (Å²) < 4.78 is 23.6.